The van der Waals surface area contributed by atoms with E-state index in [1.165, 1.54) is 30.3 Å². The molecule has 3 rings (SSSR count). The Morgan fingerprint density at radius 1 is 0.968 bits per heavy atom. The number of aromatic carboxylic acids is 1. The largest absolute Gasteiger partial charge is 0.508 e. The molecule has 0 fully saturated rings. The molecule has 2 aromatic carbocycles. The molecule has 0 atom stereocenters. The van der Waals surface area contributed by atoms with E-state index >= 15 is 0 Å². The van der Waals surface area contributed by atoms with Gasteiger partial charge in [0.1, 0.15) is 11.4 Å². The number of carboxylic acids is 1. The van der Waals surface area contributed by atoms with Crippen LogP contribution in [0.15, 0.2) is 57.6 Å². The maximum absolute atomic E-state index is 12.7. The van der Waals surface area contributed by atoms with E-state index in [0.29, 0.717) is 15.5 Å². The third-order valence-electron chi connectivity index (χ3n) is 4.37. The van der Waals surface area contributed by atoms with Gasteiger partial charge in [0, 0.05) is 6.54 Å². The van der Waals surface area contributed by atoms with E-state index in [1.807, 2.05) is 0 Å². The molecule has 3 aromatic rings. The van der Waals surface area contributed by atoms with E-state index in [2.05, 4.69) is 47.5 Å². The minimum absolute atomic E-state index is 0.110. The van der Waals surface area contributed by atoms with Crippen LogP contribution in [-0.2, 0) is 6.42 Å². The Morgan fingerprint density at radius 2 is 1.68 bits per heavy atom. The average Bonchev–Trinajstić information content (AvgIpc) is 3.08. The number of hydrogen-bond acceptors (Lipinski definition) is 4. The number of benzene rings is 2. The Labute approximate surface area is 193 Å². The van der Waals surface area contributed by atoms with Crippen molar-refractivity contribution in [3.05, 3.63) is 80.0 Å². The number of carbonyl (C=O) groups is 3. The van der Waals surface area contributed by atoms with Crippen molar-refractivity contribution in [3.63, 3.8) is 0 Å². The van der Waals surface area contributed by atoms with Gasteiger partial charge in [0.15, 0.2) is 0 Å². The molecule has 0 aliphatic carbocycles. The molecule has 10 heteroatoms. The van der Waals surface area contributed by atoms with E-state index in [0.717, 1.165) is 5.56 Å². The molecular formula is C21H17Br2N3O5. The standard InChI is InChI=1S/C21H17Br2N3O5/c22-15-10-17(25-18(15)23)20(29)26-16-6-5-13(27)9-14(16)19(28)24-8-7-11-1-3-12(4-2-11)21(30)31/h1-6,9-10,25,27H,7-8H2,(H,24,28)(H,26,29)(H,30,31). The number of aromatic hydroxyl groups is 1. The first-order chi connectivity index (χ1) is 14.7. The van der Waals surface area contributed by atoms with Crippen LogP contribution in [0, 0.1) is 0 Å². The summed E-state index contributed by atoms with van der Waals surface area (Å²) in [6, 6.07) is 12.0. The Morgan fingerprint density at radius 3 is 2.29 bits per heavy atom. The van der Waals surface area contributed by atoms with E-state index in [4.69, 9.17) is 5.11 Å². The third kappa shape index (κ3) is 5.74. The Bertz CT molecular complexity index is 1120. The van der Waals surface area contributed by atoms with Crippen molar-refractivity contribution < 1.29 is 24.6 Å². The summed E-state index contributed by atoms with van der Waals surface area (Å²) < 4.78 is 1.29. The molecular weight excluding hydrogens is 534 g/mol. The van der Waals surface area contributed by atoms with Gasteiger partial charge in [-0.15, -0.1) is 0 Å². The Hall–Kier alpha value is -3.11. The van der Waals surface area contributed by atoms with Crippen molar-refractivity contribution in [1.29, 1.82) is 0 Å². The number of anilines is 1. The number of nitrogens with one attached hydrogen (secondary N) is 3. The second-order valence-corrected chi connectivity index (χ2v) is 8.18. The van der Waals surface area contributed by atoms with Crippen molar-refractivity contribution >= 4 is 55.3 Å². The van der Waals surface area contributed by atoms with Gasteiger partial charge in [-0.3, -0.25) is 9.59 Å². The second-order valence-electron chi connectivity index (χ2n) is 6.54. The van der Waals surface area contributed by atoms with Gasteiger partial charge in [0.05, 0.1) is 25.9 Å². The van der Waals surface area contributed by atoms with Crippen LogP contribution < -0.4 is 10.6 Å². The molecule has 0 saturated carbocycles. The number of phenolic OH excluding ortho intramolecular Hbond substituents is 1. The Balaban J connectivity index is 1.66. The normalized spacial score (nSPS) is 10.5. The molecule has 8 nitrogen and oxygen atoms in total. The van der Waals surface area contributed by atoms with Crippen molar-refractivity contribution in [2.24, 2.45) is 0 Å². The van der Waals surface area contributed by atoms with Gasteiger partial charge in [0.25, 0.3) is 11.8 Å². The molecule has 0 spiro atoms. The number of hydrogen-bond donors (Lipinski definition) is 5. The van der Waals surface area contributed by atoms with E-state index in [1.54, 1.807) is 18.2 Å². The molecule has 0 aliphatic heterocycles. The van der Waals surface area contributed by atoms with Crippen LogP contribution in [0.5, 0.6) is 5.75 Å². The molecule has 0 unspecified atom stereocenters. The topological polar surface area (TPSA) is 132 Å². The van der Waals surface area contributed by atoms with Crippen LogP contribution in [0.1, 0.15) is 36.8 Å². The summed E-state index contributed by atoms with van der Waals surface area (Å²) in [6.07, 6.45) is 0.483. The van der Waals surface area contributed by atoms with E-state index in [9.17, 15) is 19.5 Å². The predicted octanol–water partition coefficient (Wildman–Crippen LogP) is 4.17. The summed E-state index contributed by atoms with van der Waals surface area (Å²) in [5.41, 5.74) is 1.68. The zero-order valence-electron chi connectivity index (χ0n) is 15.9. The number of amides is 2. The Kier molecular flexibility index (Phi) is 7.13. The van der Waals surface area contributed by atoms with Crippen LogP contribution in [0.25, 0.3) is 0 Å². The number of carbonyl (C=O) groups excluding carboxylic acids is 2. The zero-order valence-corrected chi connectivity index (χ0v) is 19.1. The molecule has 5 N–H and O–H groups in total. The van der Waals surface area contributed by atoms with Crippen molar-refractivity contribution in [2.75, 3.05) is 11.9 Å². The first kappa shape index (κ1) is 22.6. The van der Waals surface area contributed by atoms with Crippen molar-refractivity contribution in [2.45, 2.75) is 6.42 Å². The summed E-state index contributed by atoms with van der Waals surface area (Å²) in [5.74, 6) is -2.04. The highest BCUT2D eigenvalue weighted by molar-refractivity contribution is 9.13. The molecule has 2 amide bonds. The van der Waals surface area contributed by atoms with Crippen LogP contribution in [0.2, 0.25) is 0 Å². The third-order valence-corrected chi connectivity index (χ3v) is 6.15. The van der Waals surface area contributed by atoms with Gasteiger partial charge in [-0.25, -0.2) is 4.79 Å². The molecule has 31 heavy (non-hydrogen) atoms. The smallest absolute Gasteiger partial charge is 0.335 e. The number of carboxylic acid groups (broad SMARTS) is 1. The average molecular weight is 551 g/mol. The number of halogens is 2. The van der Waals surface area contributed by atoms with Crippen LogP contribution in [-0.4, -0.2) is 39.5 Å². The molecule has 1 heterocycles. The van der Waals surface area contributed by atoms with Crippen molar-refractivity contribution in [3.8, 4) is 5.75 Å². The molecule has 0 saturated heterocycles. The van der Waals surface area contributed by atoms with E-state index in [-0.39, 0.29) is 34.8 Å². The van der Waals surface area contributed by atoms with Gasteiger partial charge in [-0.1, -0.05) is 12.1 Å². The fourth-order valence-corrected chi connectivity index (χ4v) is 3.43. The van der Waals surface area contributed by atoms with Gasteiger partial charge < -0.3 is 25.8 Å². The lowest BCUT2D eigenvalue weighted by Gasteiger charge is -2.12. The second kappa shape index (κ2) is 9.80. The van der Waals surface area contributed by atoms with E-state index < -0.39 is 17.8 Å². The summed E-state index contributed by atoms with van der Waals surface area (Å²) in [6.45, 7) is 0.283. The first-order valence-electron chi connectivity index (χ1n) is 9.03. The maximum Gasteiger partial charge on any atom is 0.335 e. The predicted molar refractivity (Wildman–Crippen MR) is 122 cm³/mol. The van der Waals surface area contributed by atoms with Crippen LogP contribution >= 0.6 is 31.9 Å². The zero-order chi connectivity index (χ0) is 22.5. The van der Waals surface area contributed by atoms with Gasteiger partial charge >= 0.3 is 5.97 Å². The van der Waals surface area contributed by atoms with Gasteiger partial charge in [-0.05, 0) is 80.2 Å². The molecule has 0 aliphatic rings. The van der Waals surface area contributed by atoms with Gasteiger partial charge in [0.2, 0.25) is 0 Å². The quantitative estimate of drug-likeness (QED) is 0.282. The summed E-state index contributed by atoms with van der Waals surface area (Å²) in [4.78, 5) is 38.9. The number of rotatable bonds is 7. The molecule has 160 valence electrons. The minimum Gasteiger partial charge on any atom is -0.508 e. The summed E-state index contributed by atoms with van der Waals surface area (Å²) in [5, 5.41) is 24.1. The first-order valence-corrected chi connectivity index (χ1v) is 10.6. The number of aromatic amines is 1. The lowest BCUT2D eigenvalue weighted by Crippen LogP contribution is -2.27. The van der Waals surface area contributed by atoms with Gasteiger partial charge in [-0.2, -0.15) is 0 Å². The molecule has 0 bridgehead atoms. The lowest BCUT2D eigenvalue weighted by atomic mass is 10.1. The monoisotopic (exact) mass is 549 g/mol. The summed E-state index contributed by atoms with van der Waals surface area (Å²) in [7, 11) is 0. The van der Waals surface area contributed by atoms with Crippen molar-refractivity contribution in [1.82, 2.24) is 10.3 Å². The fourth-order valence-electron chi connectivity index (χ4n) is 2.77. The van der Waals surface area contributed by atoms with Crippen LogP contribution in [0.3, 0.4) is 0 Å². The maximum atomic E-state index is 12.7. The SMILES string of the molecule is O=C(O)c1ccc(CCNC(=O)c2cc(O)ccc2NC(=O)c2cc(Br)c(Br)[nH]2)cc1. The molecule has 1 aromatic heterocycles. The number of H-pyrrole nitrogens is 1. The molecule has 0 radical (unpaired) electrons. The number of phenols is 1. The number of aromatic nitrogens is 1. The highest BCUT2D eigenvalue weighted by Gasteiger charge is 2.17. The minimum atomic E-state index is -1.00. The fraction of sp³-hybridized carbons (Fsp3) is 0.0952. The highest BCUT2D eigenvalue weighted by Crippen LogP contribution is 2.25. The highest BCUT2D eigenvalue weighted by atomic mass is 79.9. The lowest BCUT2D eigenvalue weighted by molar-refractivity contribution is 0.0696. The summed E-state index contributed by atoms with van der Waals surface area (Å²) >= 11 is 6.56. The van der Waals surface area contributed by atoms with Crippen LogP contribution in [0.4, 0.5) is 5.69 Å².